The van der Waals surface area contributed by atoms with Gasteiger partial charge in [-0.25, -0.2) is 0 Å². The Balaban J connectivity index is 1.98. The zero-order chi connectivity index (χ0) is 14.5. The Labute approximate surface area is 123 Å². The van der Waals surface area contributed by atoms with E-state index in [1.54, 1.807) is 16.7 Å². The minimum atomic E-state index is -0.124. The lowest BCUT2D eigenvalue weighted by Crippen LogP contribution is -2.40. The van der Waals surface area contributed by atoms with Gasteiger partial charge in [-0.2, -0.15) is 0 Å². The second-order valence-corrected chi connectivity index (χ2v) is 5.88. The third-order valence-electron chi connectivity index (χ3n) is 3.47. The van der Waals surface area contributed by atoms with Crippen LogP contribution in [0.1, 0.15) is 24.8 Å². The topological polar surface area (TPSA) is 49.4 Å². The largest absolute Gasteiger partial charge is 0.333 e. The molecule has 1 aliphatic heterocycles. The van der Waals surface area contributed by atoms with Gasteiger partial charge >= 0.3 is 0 Å². The number of hydrogen-bond acceptors (Lipinski definition) is 3. The van der Waals surface area contributed by atoms with Crippen molar-refractivity contribution in [2.24, 2.45) is 0 Å². The molecule has 0 unspecified atom stereocenters. The zero-order valence-electron chi connectivity index (χ0n) is 11.9. The standard InChI is InChI=1S/C15H20N2O2S/c1-11-6-7-12(20-2)9-13(11)16-14(18)10-17-8-4-3-5-15(17)19/h6-7,9H,3-5,8,10H2,1-2H3,(H,16,18). The first-order valence-electron chi connectivity index (χ1n) is 6.82. The molecular weight excluding hydrogens is 272 g/mol. The molecule has 0 bridgehead atoms. The van der Waals surface area contributed by atoms with Crippen LogP contribution in [0.4, 0.5) is 5.69 Å². The van der Waals surface area contributed by atoms with Crippen molar-refractivity contribution in [1.29, 1.82) is 0 Å². The summed E-state index contributed by atoms with van der Waals surface area (Å²) in [6.45, 7) is 2.81. The number of carbonyl (C=O) groups excluding carboxylic acids is 2. The van der Waals surface area contributed by atoms with Crippen molar-refractivity contribution in [2.75, 3.05) is 24.7 Å². The van der Waals surface area contributed by atoms with Gasteiger partial charge in [-0.1, -0.05) is 6.07 Å². The van der Waals surface area contributed by atoms with E-state index in [0.29, 0.717) is 13.0 Å². The molecule has 1 aliphatic rings. The number of hydrogen-bond donors (Lipinski definition) is 1. The van der Waals surface area contributed by atoms with Crippen LogP contribution in [0.5, 0.6) is 0 Å². The van der Waals surface area contributed by atoms with Crippen molar-refractivity contribution in [3.05, 3.63) is 23.8 Å². The Morgan fingerprint density at radius 1 is 1.40 bits per heavy atom. The molecule has 1 aromatic rings. The quantitative estimate of drug-likeness (QED) is 0.868. The molecule has 1 N–H and O–H groups in total. The number of likely N-dealkylation sites (tertiary alicyclic amines) is 1. The van der Waals surface area contributed by atoms with E-state index in [1.165, 1.54) is 0 Å². The van der Waals surface area contributed by atoms with Crippen LogP contribution in [0.2, 0.25) is 0 Å². The number of nitrogens with one attached hydrogen (secondary N) is 1. The minimum Gasteiger partial charge on any atom is -0.333 e. The summed E-state index contributed by atoms with van der Waals surface area (Å²) in [6, 6.07) is 5.99. The average molecular weight is 292 g/mol. The Morgan fingerprint density at radius 2 is 2.20 bits per heavy atom. The highest BCUT2D eigenvalue weighted by molar-refractivity contribution is 7.98. The van der Waals surface area contributed by atoms with Crippen LogP contribution in [-0.2, 0) is 9.59 Å². The van der Waals surface area contributed by atoms with Gasteiger partial charge in [0.15, 0.2) is 0 Å². The summed E-state index contributed by atoms with van der Waals surface area (Å²) in [5, 5.41) is 2.91. The maximum atomic E-state index is 12.1. The fourth-order valence-corrected chi connectivity index (χ4v) is 2.69. The van der Waals surface area contributed by atoms with Crippen LogP contribution in [0.25, 0.3) is 0 Å². The summed E-state index contributed by atoms with van der Waals surface area (Å²) >= 11 is 1.64. The van der Waals surface area contributed by atoms with E-state index in [2.05, 4.69) is 5.32 Å². The van der Waals surface area contributed by atoms with Gasteiger partial charge in [-0.05, 0) is 43.7 Å². The SMILES string of the molecule is CSc1ccc(C)c(NC(=O)CN2CCCCC2=O)c1. The molecule has 1 saturated heterocycles. The summed E-state index contributed by atoms with van der Waals surface area (Å²) in [5.74, 6) is -0.0393. The van der Waals surface area contributed by atoms with Crippen molar-refractivity contribution in [2.45, 2.75) is 31.1 Å². The first-order valence-corrected chi connectivity index (χ1v) is 8.05. The van der Waals surface area contributed by atoms with Gasteiger partial charge in [-0.15, -0.1) is 11.8 Å². The van der Waals surface area contributed by atoms with Crippen LogP contribution >= 0.6 is 11.8 Å². The molecule has 1 fully saturated rings. The molecule has 4 nitrogen and oxygen atoms in total. The van der Waals surface area contributed by atoms with Crippen molar-refractivity contribution in [1.82, 2.24) is 4.90 Å². The number of amides is 2. The van der Waals surface area contributed by atoms with E-state index in [4.69, 9.17) is 0 Å². The number of anilines is 1. The number of nitrogens with zero attached hydrogens (tertiary/aromatic N) is 1. The predicted molar refractivity (Wildman–Crippen MR) is 82.0 cm³/mol. The van der Waals surface area contributed by atoms with Gasteiger partial charge in [0.1, 0.15) is 0 Å². The van der Waals surface area contributed by atoms with Gasteiger partial charge in [0.2, 0.25) is 11.8 Å². The third kappa shape index (κ3) is 3.76. The number of piperidine rings is 1. The molecule has 0 aliphatic carbocycles. The van der Waals surface area contributed by atoms with Gasteiger partial charge in [0, 0.05) is 23.5 Å². The molecule has 0 saturated carbocycles. The third-order valence-corrected chi connectivity index (χ3v) is 4.20. The molecule has 20 heavy (non-hydrogen) atoms. The van der Waals surface area contributed by atoms with Crippen LogP contribution in [0, 0.1) is 6.92 Å². The van der Waals surface area contributed by atoms with Crippen LogP contribution in [0.15, 0.2) is 23.1 Å². The molecule has 5 heteroatoms. The monoisotopic (exact) mass is 292 g/mol. The lowest BCUT2D eigenvalue weighted by atomic mass is 10.1. The van der Waals surface area contributed by atoms with Crippen molar-refractivity contribution < 1.29 is 9.59 Å². The van der Waals surface area contributed by atoms with E-state index in [9.17, 15) is 9.59 Å². The Hall–Kier alpha value is -1.49. The van der Waals surface area contributed by atoms with Crippen LogP contribution < -0.4 is 5.32 Å². The molecule has 0 radical (unpaired) electrons. The summed E-state index contributed by atoms with van der Waals surface area (Å²) in [7, 11) is 0. The minimum absolute atomic E-state index is 0.0842. The maximum absolute atomic E-state index is 12.1. The van der Waals surface area contributed by atoms with Crippen LogP contribution in [0.3, 0.4) is 0 Å². The Bertz CT molecular complexity index is 517. The summed E-state index contributed by atoms with van der Waals surface area (Å²) < 4.78 is 0. The highest BCUT2D eigenvalue weighted by atomic mass is 32.2. The predicted octanol–water partition coefficient (Wildman–Crippen LogP) is 2.67. The Morgan fingerprint density at radius 3 is 2.90 bits per heavy atom. The zero-order valence-corrected chi connectivity index (χ0v) is 12.8. The van der Waals surface area contributed by atoms with Crippen molar-refractivity contribution in [3.8, 4) is 0 Å². The van der Waals surface area contributed by atoms with E-state index in [1.807, 2.05) is 31.4 Å². The molecule has 1 aromatic carbocycles. The molecule has 0 aromatic heterocycles. The second kappa shape index (κ2) is 6.79. The lowest BCUT2D eigenvalue weighted by Gasteiger charge is -2.26. The molecule has 108 valence electrons. The first-order chi connectivity index (χ1) is 9.60. The summed E-state index contributed by atoms with van der Waals surface area (Å²) in [6.07, 6.45) is 4.49. The summed E-state index contributed by atoms with van der Waals surface area (Å²) in [5.41, 5.74) is 1.85. The highest BCUT2D eigenvalue weighted by Crippen LogP contribution is 2.23. The molecule has 0 atom stereocenters. The van der Waals surface area contributed by atoms with E-state index in [-0.39, 0.29) is 18.4 Å². The molecule has 2 rings (SSSR count). The average Bonchev–Trinajstić information content (AvgIpc) is 2.44. The smallest absolute Gasteiger partial charge is 0.244 e. The Kier molecular flexibility index (Phi) is 5.06. The summed E-state index contributed by atoms with van der Waals surface area (Å²) in [4.78, 5) is 26.5. The number of benzene rings is 1. The van der Waals surface area contributed by atoms with Gasteiger partial charge in [0.05, 0.1) is 6.54 Å². The second-order valence-electron chi connectivity index (χ2n) is 5.00. The van der Waals surface area contributed by atoms with Gasteiger partial charge in [-0.3, -0.25) is 9.59 Å². The highest BCUT2D eigenvalue weighted by Gasteiger charge is 2.20. The molecular formula is C15H20N2O2S. The van der Waals surface area contributed by atoms with Crippen molar-refractivity contribution in [3.63, 3.8) is 0 Å². The van der Waals surface area contributed by atoms with E-state index in [0.717, 1.165) is 29.0 Å². The normalized spacial score (nSPS) is 15.3. The molecule has 1 heterocycles. The van der Waals surface area contributed by atoms with Crippen LogP contribution in [-0.4, -0.2) is 36.1 Å². The first kappa shape index (κ1) is 14.9. The van der Waals surface area contributed by atoms with Gasteiger partial charge in [0.25, 0.3) is 0 Å². The number of carbonyl (C=O) groups is 2. The van der Waals surface area contributed by atoms with E-state index >= 15 is 0 Å². The maximum Gasteiger partial charge on any atom is 0.244 e. The fourth-order valence-electron chi connectivity index (χ4n) is 2.25. The number of aryl methyl sites for hydroxylation is 1. The lowest BCUT2D eigenvalue weighted by molar-refractivity contribution is -0.136. The van der Waals surface area contributed by atoms with Crippen molar-refractivity contribution >= 4 is 29.3 Å². The van der Waals surface area contributed by atoms with Gasteiger partial charge < -0.3 is 10.2 Å². The fraction of sp³-hybridized carbons (Fsp3) is 0.467. The van der Waals surface area contributed by atoms with E-state index < -0.39 is 0 Å². The molecule has 0 spiro atoms. The molecule has 2 amide bonds. The number of rotatable bonds is 4. The number of thioether (sulfide) groups is 1.